The SMILES string of the molecule is CCNc1ccc([C@H]2CCCN2C(C)=O)cn1. The highest BCUT2D eigenvalue weighted by Crippen LogP contribution is 2.31. The molecule has 2 rings (SSSR count). The first kappa shape index (κ1) is 11.9. The number of nitrogens with one attached hydrogen (secondary N) is 1. The van der Waals surface area contributed by atoms with Crippen LogP contribution < -0.4 is 5.32 Å². The van der Waals surface area contributed by atoms with Gasteiger partial charge in [-0.1, -0.05) is 6.07 Å². The molecule has 0 saturated carbocycles. The Kier molecular flexibility index (Phi) is 3.61. The predicted octanol–water partition coefficient (Wildman–Crippen LogP) is 2.20. The minimum atomic E-state index is 0.156. The van der Waals surface area contributed by atoms with Crippen molar-refractivity contribution in [1.82, 2.24) is 9.88 Å². The molecule has 0 spiro atoms. The second-order valence-electron chi connectivity index (χ2n) is 4.38. The maximum absolute atomic E-state index is 11.5. The van der Waals surface area contributed by atoms with E-state index in [2.05, 4.69) is 16.4 Å². The quantitative estimate of drug-likeness (QED) is 0.870. The average molecular weight is 233 g/mol. The van der Waals surface area contributed by atoms with E-state index in [1.54, 1.807) is 6.92 Å². The number of aromatic nitrogens is 1. The number of hydrogen-bond donors (Lipinski definition) is 1. The monoisotopic (exact) mass is 233 g/mol. The van der Waals surface area contributed by atoms with Crippen LogP contribution in [0.3, 0.4) is 0 Å². The van der Waals surface area contributed by atoms with Crippen LogP contribution in [-0.4, -0.2) is 28.9 Å². The van der Waals surface area contributed by atoms with Crippen LogP contribution >= 0.6 is 0 Å². The molecule has 1 aliphatic heterocycles. The van der Waals surface area contributed by atoms with Gasteiger partial charge in [-0.2, -0.15) is 0 Å². The number of rotatable bonds is 3. The Balaban J connectivity index is 2.13. The van der Waals surface area contributed by atoms with E-state index < -0.39 is 0 Å². The zero-order valence-corrected chi connectivity index (χ0v) is 10.4. The minimum absolute atomic E-state index is 0.156. The minimum Gasteiger partial charge on any atom is -0.370 e. The molecule has 17 heavy (non-hydrogen) atoms. The summed E-state index contributed by atoms with van der Waals surface area (Å²) in [6.07, 6.45) is 4.00. The summed E-state index contributed by atoms with van der Waals surface area (Å²) < 4.78 is 0. The Labute approximate surface area is 102 Å². The standard InChI is InChI=1S/C13H19N3O/c1-3-14-13-7-6-11(9-15-13)12-5-4-8-16(12)10(2)17/h6-7,9,12H,3-5,8H2,1-2H3,(H,14,15)/t12-/m1/s1. The van der Waals surface area contributed by atoms with Crippen molar-refractivity contribution in [3.63, 3.8) is 0 Å². The molecule has 0 bridgehead atoms. The number of hydrogen-bond acceptors (Lipinski definition) is 3. The summed E-state index contributed by atoms with van der Waals surface area (Å²) in [6, 6.07) is 4.27. The van der Waals surface area contributed by atoms with Crippen molar-refractivity contribution in [2.24, 2.45) is 0 Å². The molecule has 1 amide bonds. The van der Waals surface area contributed by atoms with Crippen molar-refractivity contribution in [3.8, 4) is 0 Å². The number of carbonyl (C=O) groups is 1. The molecule has 1 atom stereocenters. The van der Waals surface area contributed by atoms with E-state index >= 15 is 0 Å². The van der Waals surface area contributed by atoms with E-state index in [1.165, 1.54) is 0 Å². The lowest BCUT2D eigenvalue weighted by molar-refractivity contribution is -0.129. The molecule has 1 aromatic heterocycles. The smallest absolute Gasteiger partial charge is 0.219 e. The summed E-state index contributed by atoms with van der Waals surface area (Å²) in [4.78, 5) is 17.8. The van der Waals surface area contributed by atoms with Gasteiger partial charge in [0, 0.05) is 26.2 Å². The molecular weight excluding hydrogens is 214 g/mol. The lowest BCUT2D eigenvalue weighted by Gasteiger charge is -2.23. The van der Waals surface area contributed by atoms with Crippen LogP contribution in [0.15, 0.2) is 18.3 Å². The van der Waals surface area contributed by atoms with Gasteiger partial charge in [0.2, 0.25) is 5.91 Å². The van der Waals surface area contributed by atoms with Gasteiger partial charge in [0.15, 0.2) is 0 Å². The van der Waals surface area contributed by atoms with Crippen LogP contribution in [-0.2, 0) is 4.79 Å². The first-order valence-electron chi connectivity index (χ1n) is 6.19. The van der Waals surface area contributed by atoms with Crippen molar-refractivity contribution in [2.75, 3.05) is 18.4 Å². The third-order valence-corrected chi connectivity index (χ3v) is 3.19. The normalized spacial score (nSPS) is 19.4. The zero-order chi connectivity index (χ0) is 12.3. The molecule has 1 aliphatic rings. The van der Waals surface area contributed by atoms with Gasteiger partial charge in [-0.05, 0) is 31.4 Å². The summed E-state index contributed by atoms with van der Waals surface area (Å²) in [7, 11) is 0. The highest BCUT2D eigenvalue weighted by Gasteiger charge is 2.27. The van der Waals surface area contributed by atoms with Crippen LogP contribution in [0.4, 0.5) is 5.82 Å². The lowest BCUT2D eigenvalue weighted by Crippen LogP contribution is -2.28. The van der Waals surface area contributed by atoms with Crippen LogP contribution in [0, 0.1) is 0 Å². The van der Waals surface area contributed by atoms with Gasteiger partial charge in [-0.3, -0.25) is 4.79 Å². The predicted molar refractivity (Wildman–Crippen MR) is 67.8 cm³/mol. The van der Waals surface area contributed by atoms with Crippen molar-refractivity contribution >= 4 is 11.7 Å². The average Bonchev–Trinajstić information content (AvgIpc) is 2.79. The third kappa shape index (κ3) is 2.57. The fraction of sp³-hybridized carbons (Fsp3) is 0.538. The van der Waals surface area contributed by atoms with Crippen LogP contribution in [0.1, 0.15) is 38.3 Å². The summed E-state index contributed by atoms with van der Waals surface area (Å²) in [5.41, 5.74) is 1.14. The molecule has 1 saturated heterocycles. The first-order valence-corrected chi connectivity index (χ1v) is 6.19. The van der Waals surface area contributed by atoms with Gasteiger partial charge in [-0.15, -0.1) is 0 Å². The van der Waals surface area contributed by atoms with Gasteiger partial charge in [0.1, 0.15) is 5.82 Å². The third-order valence-electron chi connectivity index (χ3n) is 3.19. The van der Waals surface area contributed by atoms with Gasteiger partial charge in [0.05, 0.1) is 6.04 Å². The Hall–Kier alpha value is -1.58. The number of amides is 1. The molecule has 1 N–H and O–H groups in total. The fourth-order valence-corrected chi connectivity index (χ4v) is 2.38. The first-order chi connectivity index (χ1) is 8.22. The van der Waals surface area contributed by atoms with Crippen molar-refractivity contribution in [1.29, 1.82) is 0 Å². The van der Waals surface area contributed by atoms with Gasteiger partial charge >= 0.3 is 0 Å². The Morgan fingerprint density at radius 2 is 2.41 bits per heavy atom. The summed E-state index contributed by atoms with van der Waals surface area (Å²) in [6.45, 7) is 5.42. The molecule has 1 fully saturated rings. The Morgan fingerprint density at radius 1 is 1.59 bits per heavy atom. The largest absolute Gasteiger partial charge is 0.370 e. The molecule has 2 heterocycles. The molecular formula is C13H19N3O. The van der Waals surface area contributed by atoms with E-state index in [4.69, 9.17) is 0 Å². The Bertz CT molecular complexity index is 388. The van der Waals surface area contributed by atoms with Crippen LogP contribution in [0.2, 0.25) is 0 Å². The zero-order valence-electron chi connectivity index (χ0n) is 10.4. The molecule has 0 radical (unpaired) electrons. The van der Waals surface area contributed by atoms with E-state index in [0.717, 1.165) is 37.3 Å². The lowest BCUT2D eigenvalue weighted by atomic mass is 10.1. The van der Waals surface area contributed by atoms with Crippen molar-refractivity contribution in [3.05, 3.63) is 23.9 Å². The molecule has 92 valence electrons. The molecule has 4 nitrogen and oxygen atoms in total. The molecule has 0 aromatic carbocycles. The molecule has 1 aromatic rings. The summed E-state index contributed by atoms with van der Waals surface area (Å²) >= 11 is 0. The fourth-order valence-electron chi connectivity index (χ4n) is 2.38. The van der Waals surface area contributed by atoms with E-state index in [9.17, 15) is 4.79 Å². The summed E-state index contributed by atoms with van der Waals surface area (Å²) in [5, 5.41) is 3.17. The number of pyridine rings is 1. The van der Waals surface area contributed by atoms with Gasteiger partial charge in [-0.25, -0.2) is 4.98 Å². The number of nitrogens with zero attached hydrogens (tertiary/aromatic N) is 2. The number of likely N-dealkylation sites (tertiary alicyclic amines) is 1. The van der Waals surface area contributed by atoms with Crippen LogP contribution in [0.25, 0.3) is 0 Å². The molecule has 0 aliphatic carbocycles. The Morgan fingerprint density at radius 3 is 3.00 bits per heavy atom. The van der Waals surface area contributed by atoms with Gasteiger partial charge in [0.25, 0.3) is 0 Å². The second-order valence-corrected chi connectivity index (χ2v) is 4.38. The number of anilines is 1. The maximum atomic E-state index is 11.5. The van der Waals surface area contributed by atoms with Crippen molar-refractivity contribution in [2.45, 2.75) is 32.7 Å². The van der Waals surface area contributed by atoms with E-state index in [-0.39, 0.29) is 11.9 Å². The highest BCUT2D eigenvalue weighted by molar-refractivity contribution is 5.74. The number of carbonyl (C=O) groups excluding carboxylic acids is 1. The van der Waals surface area contributed by atoms with E-state index in [0.29, 0.717) is 0 Å². The van der Waals surface area contributed by atoms with Gasteiger partial charge < -0.3 is 10.2 Å². The van der Waals surface area contributed by atoms with Crippen LogP contribution in [0.5, 0.6) is 0 Å². The highest BCUT2D eigenvalue weighted by atomic mass is 16.2. The molecule has 4 heteroatoms. The van der Waals surface area contributed by atoms with E-state index in [1.807, 2.05) is 24.1 Å². The maximum Gasteiger partial charge on any atom is 0.219 e. The molecule has 0 unspecified atom stereocenters. The topological polar surface area (TPSA) is 45.2 Å². The summed E-state index contributed by atoms with van der Waals surface area (Å²) in [5.74, 6) is 1.05. The van der Waals surface area contributed by atoms with Crippen molar-refractivity contribution < 1.29 is 4.79 Å². The second kappa shape index (κ2) is 5.17.